The normalized spacial score (nSPS) is 19.1. The van der Waals surface area contributed by atoms with Crippen LogP contribution < -0.4 is 10.6 Å². The molecular formula is C31H35ClN6O2. The van der Waals surface area contributed by atoms with Crippen LogP contribution in [0.5, 0.6) is 5.75 Å². The topological polar surface area (TPSA) is 79.4 Å². The van der Waals surface area contributed by atoms with Gasteiger partial charge in [0, 0.05) is 73.7 Å². The first-order valence-corrected chi connectivity index (χ1v) is 14.2. The first kappa shape index (κ1) is 26.6. The van der Waals surface area contributed by atoms with Crippen molar-refractivity contribution < 1.29 is 5.11 Å². The number of hydrogen-bond acceptors (Lipinski definition) is 6. The van der Waals surface area contributed by atoms with Gasteiger partial charge in [0.25, 0.3) is 0 Å². The lowest BCUT2D eigenvalue weighted by Gasteiger charge is -2.53. The molecule has 6 rings (SSSR count). The average Bonchev–Trinajstić information content (AvgIpc) is 3.50. The zero-order chi connectivity index (χ0) is 28.3. The quantitative estimate of drug-likeness (QED) is 0.356. The maximum atomic E-state index is 12.4. The second-order valence-corrected chi connectivity index (χ2v) is 11.9. The SMILES string of the molecule is Cc1cc(-c2ccc(-n3ccn(C)c3=O)c(Cl)c2)c(O)c(-c2cnc(C)c(N3CCC4(CCN4C(C)C)C3)c2)n1. The fourth-order valence-electron chi connectivity index (χ4n) is 6.44. The molecule has 9 heteroatoms. The van der Waals surface area contributed by atoms with Gasteiger partial charge in [-0.1, -0.05) is 17.7 Å². The van der Waals surface area contributed by atoms with Crippen molar-refractivity contribution >= 4 is 17.3 Å². The molecule has 1 spiro atoms. The third kappa shape index (κ3) is 4.30. The lowest BCUT2D eigenvalue weighted by Crippen LogP contribution is -2.63. The predicted molar refractivity (Wildman–Crippen MR) is 160 cm³/mol. The molecule has 2 aliphatic heterocycles. The number of aromatic hydroxyl groups is 1. The minimum Gasteiger partial charge on any atom is -0.505 e. The highest BCUT2D eigenvalue weighted by molar-refractivity contribution is 6.32. The molecule has 3 aromatic heterocycles. The second-order valence-electron chi connectivity index (χ2n) is 11.5. The first-order chi connectivity index (χ1) is 19.1. The summed E-state index contributed by atoms with van der Waals surface area (Å²) in [7, 11) is 1.70. The third-order valence-corrected chi connectivity index (χ3v) is 8.95. The summed E-state index contributed by atoms with van der Waals surface area (Å²) in [6.07, 6.45) is 7.55. The molecule has 2 aliphatic rings. The van der Waals surface area contributed by atoms with Gasteiger partial charge in [0.1, 0.15) is 11.4 Å². The van der Waals surface area contributed by atoms with E-state index in [1.165, 1.54) is 22.1 Å². The minimum absolute atomic E-state index is 0.0748. The number of rotatable bonds is 5. The summed E-state index contributed by atoms with van der Waals surface area (Å²) in [6, 6.07) is 9.94. The van der Waals surface area contributed by atoms with Gasteiger partial charge < -0.3 is 14.6 Å². The van der Waals surface area contributed by atoms with Crippen LogP contribution in [-0.4, -0.2) is 60.3 Å². The van der Waals surface area contributed by atoms with Crippen molar-refractivity contribution in [2.24, 2.45) is 7.05 Å². The van der Waals surface area contributed by atoms with Crippen molar-refractivity contribution in [3.05, 3.63) is 75.8 Å². The van der Waals surface area contributed by atoms with Gasteiger partial charge in [-0.25, -0.2) is 9.78 Å². The van der Waals surface area contributed by atoms with Crippen LogP contribution in [0, 0.1) is 13.8 Å². The third-order valence-electron chi connectivity index (χ3n) is 8.64. The number of aromatic nitrogens is 4. The Morgan fingerprint density at radius 3 is 2.45 bits per heavy atom. The number of anilines is 1. The molecule has 2 fully saturated rings. The summed E-state index contributed by atoms with van der Waals surface area (Å²) in [5, 5.41) is 11.9. The molecule has 40 heavy (non-hydrogen) atoms. The van der Waals surface area contributed by atoms with E-state index in [9.17, 15) is 9.90 Å². The molecule has 1 unspecified atom stereocenters. The molecular weight excluding hydrogens is 524 g/mol. The Kier molecular flexibility index (Phi) is 6.50. The Morgan fingerprint density at radius 1 is 1.02 bits per heavy atom. The Hall–Kier alpha value is -3.62. The standard InChI is InChI=1S/C31H35ClN6O2/c1-19(2)38-11-9-31(38)8-10-36(18-31)27-16-23(17-33-21(27)4)28-29(39)24(14-20(3)34-28)22-6-7-26(25(32)15-22)37-13-12-35(5)30(37)40/h6-7,12-17,19,39H,8-11,18H2,1-5H3. The average molecular weight is 559 g/mol. The summed E-state index contributed by atoms with van der Waals surface area (Å²) < 4.78 is 2.99. The highest BCUT2D eigenvalue weighted by Gasteiger charge is 2.50. The minimum atomic E-state index is -0.180. The summed E-state index contributed by atoms with van der Waals surface area (Å²) in [6.45, 7) is 11.7. The number of likely N-dealkylation sites (tertiary alicyclic amines) is 1. The van der Waals surface area contributed by atoms with E-state index in [0.717, 1.165) is 47.7 Å². The predicted octanol–water partition coefficient (Wildman–Crippen LogP) is 5.34. The van der Waals surface area contributed by atoms with Crippen LogP contribution in [0.2, 0.25) is 5.02 Å². The van der Waals surface area contributed by atoms with Crippen molar-refractivity contribution in [1.82, 2.24) is 24.0 Å². The Labute approximate surface area is 239 Å². The molecule has 0 aliphatic carbocycles. The number of pyridine rings is 2. The lowest BCUT2D eigenvalue weighted by molar-refractivity contribution is -0.0237. The van der Waals surface area contributed by atoms with E-state index in [2.05, 4.69) is 29.7 Å². The number of hydrogen-bond donors (Lipinski definition) is 1. The number of benzene rings is 1. The zero-order valence-corrected chi connectivity index (χ0v) is 24.4. The fraction of sp³-hybridized carbons (Fsp3) is 0.387. The number of aryl methyl sites for hydroxylation is 3. The van der Waals surface area contributed by atoms with Crippen molar-refractivity contribution in [1.29, 1.82) is 0 Å². The summed E-state index contributed by atoms with van der Waals surface area (Å²) in [5.74, 6) is 0.0748. The number of nitrogens with zero attached hydrogens (tertiary/aromatic N) is 6. The molecule has 5 heterocycles. The molecule has 0 bridgehead atoms. The van der Waals surface area contributed by atoms with Crippen LogP contribution in [0.4, 0.5) is 5.69 Å². The van der Waals surface area contributed by atoms with Crippen LogP contribution in [0.3, 0.4) is 0 Å². The number of halogens is 1. The van der Waals surface area contributed by atoms with E-state index >= 15 is 0 Å². The van der Waals surface area contributed by atoms with Crippen molar-refractivity contribution in [3.8, 4) is 33.8 Å². The lowest BCUT2D eigenvalue weighted by atomic mass is 9.82. The van der Waals surface area contributed by atoms with Crippen LogP contribution in [0.15, 0.2) is 53.7 Å². The van der Waals surface area contributed by atoms with Crippen molar-refractivity contribution in [2.75, 3.05) is 24.5 Å². The largest absolute Gasteiger partial charge is 0.505 e. The van der Waals surface area contributed by atoms with Gasteiger partial charge in [0.05, 0.1) is 22.1 Å². The Balaban J connectivity index is 1.35. The van der Waals surface area contributed by atoms with Gasteiger partial charge in [-0.15, -0.1) is 0 Å². The number of imidazole rings is 1. The van der Waals surface area contributed by atoms with Gasteiger partial charge in [0.2, 0.25) is 0 Å². The zero-order valence-electron chi connectivity index (χ0n) is 23.6. The summed E-state index contributed by atoms with van der Waals surface area (Å²) in [5.41, 5.74) is 6.12. The molecule has 208 valence electrons. The fourth-order valence-corrected chi connectivity index (χ4v) is 6.71. The molecule has 1 atom stereocenters. The van der Waals surface area contributed by atoms with Crippen molar-refractivity contribution in [2.45, 2.75) is 52.1 Å². The van der Waals surface area contributed by atoms with Gasteiger partial charge in [-0.3, -0.25) is 14.5 Å². The first-order valence-electron chi connectivity index (χ1n) is 13.8. The van der Waals surface area contributed by atoms with Gasteiger partial charge in [-0.05, 0) is 70.4 Å². The molecule has 0 radical (unpaired) electrons. The van der Waals surface area contributed by atoms with Gasteiger partial charge in [0.15, 0.2) is 0 Å². The molecule has 1 aromatic carbocycles. The molecule has 0 amide bonds. The van der Waals surface area contributed by atoms with E-state index in [-0.39, 0.29) is 17.0 Å². The highest BCUT2D eigenvalue weighted by atomic mass is 35.5. The monoisotopic (exact) mass is 558 g/mol. The molecule has 2 saturated heterocycles. The van der Waals surface area contributed by atoms with Gasteiger partial charge in [-0.2, -0.15) is 0 Å². The second kappa shape index (κ2) is 9.78. The van der Waals surface area contributed by atoms with E-state index < -0.39 is 0 Å². The van der Waals surface area contributed by atoms with Gasteiger partial charge >= 0.3 is 5.69 Å². The maximum Gasteiger partial charge on any atom is 0.332 e. The van der Waals surface area contributed by atoms with E-state index in [1.807, 2.05) is 26.0 Å². The molecule has 0 saturated carbocycles. The Morgan fingerprint density at radius 2 is 1.80 bits per heavy atom. The molecule has 1 N–H and O–H groups in total. The molecule has 4 aromatic rings. The highest BCUT2D eigenvalue weighted by Crippen LogP contribution is 2.44. The van der Waals surface area contributed by atoms with Crippen LogP contribution in [0.1, 0.15) is 38.1 Å². The van der Waals surface area contributed by atoms with E-state index in [1.54, 1.807) is 37.8 Å². The summed E-state index contributed by atoms with van der Waals surface area (Å²) >= 11 is 6.64. The maximum absolute atomic E-state index is 12.4. The van der Waals surface area contributed by atoms with Crippen LogP contribution >= 0.6 is 11.6 Å². The van der Waals surface area contributed by atoms with Crippen LogP contribution in [0.25, 0.3) is 28.1 Å². The summed E-state index contributed by atoms with van der Waals surface area (Å²) in [4.78, 5) is 27.0. The van der Waals surface area contributed by atoms with Crippen LogP contribution in [-0.2, 0) is 7.05 Å². The molecule has 8 nitrogen and oxygen atoms in total. The Bertz CT molecular complexity index is 1680. The van der Waals surface area contributed by atoms with E-state index in [0.29, 0.717) is 28.0 Å². The van der Waals surface area contributed by atoms with Crippen molar-refractivity contribution in [3.63, 3.8) is 0 Å². The van der Waals surface area contributed by atoms with E-state index in [4.69, 9.17) is 21.6 Å². The smallest absolute Gasteiger partial charge is 0.332 e.